The highest BCUT2D eigenvalue weighted by Gasteiger charge is 2.24. The average Bonchev–Trinajstić information content (AvgIpc) is 2.64. The number of amides is 1. The fourth-order valence-corrected chi connectivity index (χ4v) is 1.66. The summed E-state index contributed by atoms with van der Waals surface area (Å²) in [4.78, 5) is 22.9. The Hall–Kier alpha value is -1.68. The van der Waals surface area contributed by atoms with Crippen LogP contribution in [0.3, 0.4) is 0 Å². The molecule has 1 aliphatic rings. The molecule has 0 aromatic heterocycles. The van der Waals surface area contributed by atoms with Crippen molar-refractivity contribution in [3.05, 3.63) is 29.8 Å². The molecule has 78 valence electrons. The normalized spacial score (nSPS) is 15.8. The summed E-state index contributed by atoms with van der Waals surface area (Å²) in [6, 6.07) is 7.10. The molecule has 1 amide bonds. The number of hydrazine groups is 1. The Morgan fingerprint density at radius 3 is 2.73 bits per heavy atom. The van der Waals surface area contributed by atoms with E-state index in [0.29, 0.717) is 24.2 Å². The summed E-state index contributed by atoms with van der Waals surface area (Å²) < 4.78 is 0. The van der Waals surface area contributed by atoms with Gasteiger partial charge in [0.2, 0.25) is 5.91 Å². The summed E-state index contributed by atoms with van der Waals surface area (Å²) in [5.74, 6) is -0.0317. The van der Waals surface area contributed by atoms with Gasteiger partial charge in [-0.2, -0.15) is 0 Å². The maximum atomic E-state index is 11.5. The summed E-state index contributed by atoms with van der Waals surface area (Å²) in [6.07, 6.45) is 0.478. The SMILES string of the molecule is CC(=O)c1ccccc1N1NCCC1=O. The Morgan fingerprint density at radius 2 is 2.13 bits per heavy atom. The fourth-order valence-electron chi connectivity index (χ4n) is 1.66. The van der Waals surface area contributed by atoms with Crippen LogP contribution < -0.4 is 10.4 Å². The first-order valence-electron chi connectivity index (χ1n) is 4.86. The standard InChI is InChI=1S/C11H12N2O2/c1-8(14)9-4-2-3-5-10(9)13-11(15)6-7-12-13/h2-5,12H,6-7H2,1H3. The molecular formula is C11H12N2O2. The molecule has 2 rings (SSSR count). The van der Waals surface area contributed by atoms with Crippen molar-refractivity contribution < 1.29 is 9.59 Å². The van der Waals surface area contributed by atoms with Crippen LogP contribution in [0.15, 0.2) is 24.3 Å². The molecule has 0 atom stereocenters. The van der Waals surface area contributed by atoms with E-state index in [2.05, 4.69) is 5.43 Å². The van der Waals surface area contributed by atoms with E-state index in [9.17, 15) is 9.59 Å². The van der Waals surface area contributed by atoms with Crippen LogP contribution in [0.5, 0.6) is 0 Å². The summed E-state index contributed by atoms with van der Waals surface area (Å²) in [7, 11) is 0. The van der Waals surface area contributed by atoms with E-state index >= 15 is 0 Å². The minimum atomic E-state index is -0.0351. The maximum Gasteiger partial charge on any atom is 0.242 e. The van der Waals surface area contributed by atoms with Crippen LogP contribution in [-0.2, 0) is 4.79 Å². The number of benzene rings is 1. The average molecular weight is 204 g/mol. The lowest BCUT2D eigenvalue weighted by Crippen LogP contribution is -2.35. The fraction of sp³-hybridized carbons (Fsp3) is 0.273. The van der Waals surface area contributed by atoms with Crippen molar-refractivity contribution in [3.8, 4) is 0 Å². The number of para-hydroxylation sites is 1. The molecule has 1 fully saturated rings. The Balaban J connectivity index is 2.42. The Bertz CT molecular complexity index is 415. The predicted octanol–water partition coefficient (Wildman–Crippen LogP) is 1.13. The second kappa shape index (κ2) is 3.82. The van der Waals surface area contributed by atoms with Crippen molar-refractivity contribution in [2.45, 2.75) is 13.3 Å². The molecule has 15 heavy (non-hydrogen) atoms. The number of carbonyl (C=O) groups excluding carboxylic acids is 2. The van der Waals surface area contributed by atoms with Gasteiger partial charge in [0.15, 0.2) is 5.78 Å². The molecule has 1 aromatic rings. The van der Waals surface area contributed by atoms with Crippen LogP contribution in [0.4, 0.5) is 5.69 Å². The van der Waals surface area contributed by atoms with E-state index in [-0.39, 0.29) is 11.7 Å². The van der Waals surface area contributed by atoms with Crippen LogP contribution in [0.2, 0.25) is 0 Å². The van der Waals surface area contributed by atoms with Gasteiger partial charge >= 0.3 is 0 Å². The number of Topliss-reactive ketones (excluding diaryl/α,β-unsaturated/α-hetero) is 1. The maximum absolute atomic E-state index is 11.5. The van der Waals surface area contributed by atoms with Gasteiger partial charge in [-0.1, -0.05) is 12.1 Å². The molecule has 1 heterocycles. The van der Waals surface area contributed by atoms with Gasteiger partial charge in [-0.05, 0) is 19.1 Å². The van der Waals surface area contributed by atoms with Crippen LogP contribution in [-0.4, -0.2) is 18.2 Å². The highest BCUT2D eigenvalue weighted by atomic mass is 16.2. The highest BCUT2D eigenvalue weighted by molar-refractivity contribution is 6.04. The lowest BCUT2D eigenvalue weighted by molar-refractivity contribution is -0.117. The van der Waals surface area contributed by atoms with Gasteiger partial charge in [0, 0.05) is 18.5 Å². The van der Waals surface area contributed by atoms with Crippen molar-refractivity contribution in [1.82, 2.24) is 5.43 Å². The molecule has 4 heteroatoms. The van der Waals surface area contributed by atoms with Gasteiger partial charge in [0.05, 0.1) is 5.69 Å². The highest BCUT2D eigenvalue weighted by Crippen LogP contribution is 2.21. The molecule has 0 bridgehead atoms. The first-order chi connectivity index (χ1) is 7.20. The molecular weight excluding hydrogens is 192 g/mol. The van der Waals surface area contributed by atoms with E-state index in [1.807, 2.05) is 6.07 Å². The second-order valence-electron chi connectivity index (χ2n) is 3.46. The largest absolute Gasteiger partial charge is 0.294 e. The van der Waals surface area contributed by atoms with Crippen LogP contribution >= 0.6 is 0 Å². The third kappa shape index (κ3) is 1.76. The summed E-state index contributed by atoms with van der Waals surface area (Å²) in [5, 5.41) is 1.46. The monoisotopic (exact) mass is 204 g/mol. The lowest BCUT2D eigenvalue weighted by atomic mass is 10.1. The number of rotatable bonds is 2. The van der Waals surface area contributed by atoms with Gasteiger partial charge < -0.3 is 0 Å². The molecule has 1 saturated heterocycles. The molecule has 0 unspecified atom stereocenters. The molecule has 0 saturated carbocycles. The molecule has 1 N–H and O–H groups in total. The smallest absolute Gasteiger partial charge is 0.242 e. The minimum absolute atomic E-state index is 0.00343. The van der Waals surface area contributed by atoms with Crippen LogP contribution in [0, 0.1) is 0 Å². The summed E-state index contributed by atoms with van der Waals surface area (Å²) >= 11 is 0. The van der Waals surface area contributed by atoms with Crippen LogP contribution in [0.1, 0.15) is 23.7 Å². The van der Waals surface area contributed by atoms with Gasteiger partial charge in [-0.3, -0.25) is 9.59 Å². The number of ketones is 1. The zero-order chi connectivity index (χ0) is 10.8. The molecule has 1 aromatic carbocycles. The minimum Gasteiger partial charge on any atom is -0.294 e. The van der Waals surface area contributed by atoms with Crippen molar-refractivity contribution >= 4 is 17.4 Å². The summed E-state index contributed by atoms with van der Waals surface area (Å²) in [5.41, 5.74) is 4.17. The van der Waals surface area contributed by atoms with Crippen molar-refractivity contribution in [1.29, 1.82) is 0 Å². The number of nitrogens with zero attached hydrogens (tertiary/aromatic N) is 1. The van der Waals surface area contributed by atoms with Gasteiger partial charge in [-0.25, -0.2) is 10.4 Å². The van der Waals surface area contributed by atoms with Gasteiger partial charge in [0.25, 0.3) is 0 Å². The Kier molecular flexibility index (Phi) is 2.51. The third-order valence-corrected chi connectivity index (χ3v) is 2.38. The Morgan fingerprint density at radius 1 is 1.40 bits per heavy atom. The summed E-state index contributed by atoms with van der Waals surface area (Å²) in [6.45, 7) is 2.13. The van der Waals surface area contributed by atoms with Gasteiger partial charge in [0.1, 0.15) is 0 Å². The molecule has 0 spiro atoms. The number of nitrogens with one attached hydrogen (secondary N) is 1. The molecule has 4 nitrogen and oxygen atoms in total. The first-order valence-corrected chi connectivity index (χ1v) is 4.86. The number of anilines is 1. The number of hydrogen-bond donors (Lipinski definition) is 1. The topological polar surface area (TPSA) is 49.4 Å². The third-order valence-electron chi connectivity index (χ3n) is 2.38. The quantitative estimate of drug-likeness (QED) is 0.735. The van der Waals surface area contributed by atoms with Crippen molar-refractivity contribution in [2.24, 2.45) is 0 Å². The molecule has 0 radical (unpaired) electrons. The van der Waals surface area contributed by atoms with Gasteiger partial charge in [-0.15, -0.1) is 0 Å². The van der Waals surface area contributed by atoms with E-state index in [0.717, 1.165) is 0 Å². The zero-order valence-corrected chi connectivity index (χ0v) is 8.49. The lowest BCUT2D eigenvalue weighted by Gasteiger charge is -2.18. The van der Waals surface area contributed by atoms with E-state index in [1.165, 1.54) is 11.9 Å². The zero-order valence-electron chi connectivity index (χ0n) is 8.49. The van der Waals surface area contributed by atoms with E-state index in [1.54, 1.807) is 18.2 Å². The van der Waals surface area contributed by atoms with Crippen molar-refractivity contribution in [3.63, 3.8) is 0 Å². The first kappa shape index (κ1) is 9.86. The number of carbonyl (C=O) groups is 2. The Labute approximate surface area is 87.9 Å². The van der Waals surface area contributed by atoms with Crippen molar-refractivity contribution in [2.75, 3.05) is 11.6 Å². The van der Waals surface area contributed by atoms with Crippen LogP contribution in [0.25, 0.3) is 0 Å². The second-order valence-corrected chi connectivity index (χ2v) is 3.46. The predicted molar refractivity (Wildman–Crippen MR) is 56.6 cm³/mol. The molecule has 1 aliphatic heterocycles. The molecule has 0 aliphatic carbocycles. The number of hydrogen-bond acceptors (Lipinski definition) is 3. The van der Waals surface area contributed by atoms with E-state index < -0.39 is 0 Å². The van der Waals surface area contributed by atoms with E-state index in [4.69, 9.17) is 0 Å².